The van der Waals surface area contributed by atoms with E-state index in [1.54, 1.807) is 6.92 Å². The maximum Gasteiger partial charge on any atom is 0.179 e. The number of hydrogen-bond acceptors (Lipinski definition) is 3. The molecular weight excluding hydrogens is 228 g/mol. The highest BCUT2D eigenvalue weighted by Gasteiger charge is 2.21. The van der Waals surface area contributed by atoms with Crippen LogP contribution in [0.2, 0.25) is 0 Å². The lowest BCUT2D eigenvalue weighted by Crippen LogP contribution is -2.03. The molecule has 1 heterocycles. The number of rotatable bonds is 3. The van der Waals surface area contributed by atoms with E-state index in [2.05, 4.69) is 0 Å². The second kappa shape index (κ2) is 4.33. The summed E-state index contributed by atoms with van der Waals surface area (Å²) in [5.41, 5.74) is 6.27. The van der Waals surface area contributed by atoms with E-state index in [0.717, 1.165) is 6.07 Å². The molecule has 0 atom stereocenters. The number of methoxy groups -OCH3 is 1. The molecule has 0 saturated heterocycles. The van der Waals surface area contributed by atoms with Gasteiger partial charge in [-0.2, -0.15) is 0 Å². The van der Waals surface area contributed by atoms with E-state index in [-0.39, 0.29) is 16.7 Å². The molecule has 92 valence electrons. The Kier molecular flexibility index (Phi) is 3.02. The van der Waals surface area contributed by atoms with Gasteiger partial charge in [0.05, 0.1) is 12.5 Å². The number of fused-ring (bicyclic) bond motifs is 1. The van der Waals surface area contributed by atoms with Gasteiger partial charge in [-0.05, 0) is 19.9 Å². The quantitative estimate of drug-likeness (QED) is 0.898. The molecule has 5 heteroatoms. The fourth-order valence-electron chi connectivity index (χ4n) is 1.94. The van der Waals surface area contributed by atoms with Gasteiger partial charge in [0.15, 0.2) is 23.0 Å². The maximum atomic E-state index is 13.8. The number of furan rings is 1. The second-order valence-corrected chi connectivity index (χ2v) is 3.75. The molecule has 0 amide bonds. The zero-order valence-electron chi connectivity index (χ0n) is 9.64. The fraction of sp³-hybridized carbons (Fsp3) is 0.333. The standard InChI is InChI=1S/C12H13F2NO2/c1-6-7(3-4-15)10-11(14)8(13)5-9(16-2)12(10)17-6/h5H,3-4,15H2,1-2H3. The predicted octanol–water partition coefficient (Wildman–Crippen LogP) is 2.53. The van der Waals surface area contributed by atoms with E-state index < -0.39 is 11.6 Å². The van der Waals surface area contributed by atoms with Gasteiger partial charge < -0.3 is 14.9 Å². The summed E-state index contributed by atoms with van der Waals surface area (Å²) in [5, 5.41) is 0.129. The minimum absolute atomic E-state index is 0.129. The molecule has 0 aliphatic carbocycles. The van der Waals surface area contributed by atoms with Crippen LogP contribution in [0.3, 0.4) is 0 Å². The highest BCUT2D eigenvalue weighted by Crippen LogP contribution is 2.36. The molecule has 0 unspecified atom stereocenters. The maximum absolute atomic E-state index is 13.8. The lowest BCUT2D eigenvalue weighted by Gasteiger charge is -2.03. The molecule has 1 aromatic carbocycles. The van der Waals surface area contributed by atoms with Crippen molar-refractivity contribution in [1.82, 2.24) is 0 Å². The number of hydrogen-bond donors (Lipinski definition) is 1. The average molecular weight is 241 g/mol. The minimum Gasteiger partial charge on any atom is -0.493 e. The monoisotopic (exact) mass is 241 g/mol. The van der Waals surface area contributed by atoms with Crippen LogP contribution in [0.5, 0.6) is 5.75 Å². The van der Waals surface area contributed by atoms with Gasteiger partial charge in [-0.15, -0.1) is 0 Å². The van der Waals surface area contributed by atoms with Crippen molar-refractivity contribution >= 4 is 11.0 Å². The Morgan fingerprint density at radius 2 is 2.12 bits per heavy atom. The van der Waals surface area contributed by atoms with Crippen molar-refractivity contribution in [3.05, 3.63) is 29.0 Å². The van der Waals surface area contributed by atoms with Crippen molar-refractivity contribution in [3.63, 3.8) is 0 Å². The molecule has 0 fully saturated rings. The van der Waals surface area contributed by atoms with Gasteiger partial charge in [-0.25, -0.2) is 8.78 Å². The van der Waals surface area contributed by atoms with Crippen LogP contribution in [0.25, 0.3) is 11.0 Å². The van der Waals surface area contributed by atoms with Gasteiger partial charge in [-0.1, -0.05) is 0 Å². The zero-order chi connectivity index (χ0) is 12.6. The SMILES string of the molecule is COc1cc(F)c(F)c2c(CCN)c(C)oc12. The molecule has 2 N–H and O–H groups in total. The van der Waals surface area contributed by atoms with Crippen LogP contribution in [-0.2, 0) is 6.42 Å². The summed E-state index contributed by atoms with van der Waals surface area (Å²) in [6.07, 6.45) is 0.433. The van der Waals surface area contributed by atoms with E-state index in [0.29, 0.717) is 24.3 Å². The summed E-state index contributed by atoms with van der Waals surface area (Å²) >= 11 is 0. The van der Waals surface area contributed by atoms with Gasteiger partial charge in [0.1, 0.15) is 5.76 Å². The van der Waals surface area contributed by atoms with Crippen molar-refractivity contribution < 1.29 is 17.9 Å². The summed E-state index contributed by atoms with van der Waals surface area (Å²) in [4.78, 5) is 0. The summed E-state index contributed by atoms with van der Waals surface area (Å²) < 4.78 is 37.6. The van der Waals surface area contributed by atoms with Crippen LogP contribution < -0.4 is 10.5 Å². The van der Waals surface area contributed by atoms with Crippen LogP contribution in [0.1, 0.15) is 11.3 Å². The van der Waals surface area contributed by atoms with Crippen LogP contribution in [0.4, 0.5) is 8.78 Å². The number of halogens is 2. The van der Waals surface area contributed by atoms with Crippen molar-refractivity contribution in [1.29, 1.82) is 0 Å². The van der Waals surface area contributed by atoms with E-state index in [1.165, 1.54) is 7.11 Å². The van der Waals surface area contributed by atoms with E-state index in [1.807, 2.05) is 0 Å². The lowest BCUT2D eigenvalue weighted by atomic mass is 10.1. The van der Waals surface area contributed by atoms with Gasteiger partial charge in [0.2, 0.25) is 0 Å². The van der Waals surface area contributed by atoms with Gasteiger partial charge in [-0.3, -0.25) is 0 Å². The predicted molar refractivity (Wildman–Crippen MR) is 60.2 cm³/mol. The first kappa shape index (κ1) is 11.9. The van der Waals surface area contributed by atoms with E-state index in [9.17, 15) is 8.78 Å². The summed E-state index contributed by atoms with van der Waals surface area (Å²) in [7, 11) is 1.38. The zero-order valence-corrected chi connectivity index (χ0v) is 9.64. The van der Waals surface area contributed by atoms with Crippen LogP contribution in [-0.4, -0.2) is 13.7 Å². The topological polar surface area (TPSA) is 48.4 Å². The summed E-state index contributed by atoms with van der Waals surface area (Å²) in [5.74, 6) is -1.15. The van der Waals surface area contributed by atoms with Crippen LogP contribution in [0, 0.1) is 18.6 Å². The molecule has 0 aliphatic rings. The molecule has 0 saturated carbocycles. The van der Waals surface area contributed by atoms with Crippen LogP contribution in [0.15, 0.2) is 10.5 Å². The van der Waals surface area contributed by atoms with Crippen molar-refractivity contribution in [2.45, 2.75) is 13.3 Å². The Labute approximate surface area is 97.2 Å². The highest BCUT2D eigenvalue weighted by molar-refractivity contribution is 5.88. The van der Waals surface area contributed by atoms with Gasteiger partial charge >= 0.3 is 0 Å². The summed E-state index contributed by atoms with van der Waals surface area (Å²) in [6, 6.07) is 0.979. The summed E-state index contributed by atoms with van der Waals surface area (Å²) in [6.45, 7) is 2.04. The first-order valence-corrected chi connectivity index (χ1v) is 5.24. The first-order valence-electron chi connectivity index (χ1n) is 5.24. The molecule has 2 aromatic rings. The smallest absolute Gasteiger partial charge is 0.179 e. The second-order valence-electron chi connectivity index (χ2n) is 3.75. The number of aryl methyl sites for hydroxylation is 1. The van der Waals surface area contributed by atoms with Crippen molar-refractivity contribution in [3.8, 4) is 5.75 Å². The normalized spacial score (nSPS) is 11.1. The van der Waals surface area contributed by atoms with Crippen molar-refractivity contribution in [2.75, 3.05) is 13.7 Å². The largest absolute Gasteiger partial charge is 0.493 e. The number of nitrogens with two attached hydrogens (primary N) is 1. The van der Waals surface area contributed by atoms with Crippen LogP contribution >= 0.6 is 0 Å². The number of ether oxygens (including phenoxy) is 1. The molecule has 0 spiro atoms. The molecule has 17 heavy (non-hydrogen) atoms. The minimum atomic E-state index is -0.951. The molecule has 2 rings (SSSR count). The fourth-order valence-corrected chi connectivity index (χ4v) is 1.94. The van der Waals surface area contributed by atoms with Crippen molar-refractivity contribution in [2.24, 2.45) is 5.73 Å². The Morgan fingerprint density at radius 1 is 1.41 bits per heavy atom. The average Bonchev–Trinajstić information content (AvgIpc) is 2.62. The highest BCUT2D eigenvalue weighted by atomic mass is 19.2. The molecule has 0 aliphatic heterocycles. The molecule has 3 nitrogen and oxygen atoms in total. The molecule has 1 aromatic heterocycles. The third-order valence-electron chi connectivity index (χ3n) is 2.73. The Hall–Kier alpha value is -1.62. The molecule has 0 radical (unpaired) electrons. The Morgan fingerprint density at radius 3 is 2.71 bits per heavy atom. The first-order chi connectivity index (χ1) is 8.10. The Bertz CT molecular complexity index is 563. The molecule has 0 bridgehead atoms. The van der Waals surface area contributed by atoms with E-state index in [4.69, 9.17) is 14.9 Å². The van der Waals surface area contributed by atoms with Gasteiger partial charge in [0, 0.05) is 11.6 Å². The third kappa shape index (κ3) is 1.76. The molecular formula is C12H13F2NO2. The third-order valence-corrected chi connectivity index (χ3v) is 2.73. The van der Waals surface area contributed by atoms with Gasteiger partial charge in [0.25, 0.3) is 0 Å². The lowest BCUT2D eigenvalue weighted by molar-refractivity contribution is 0.402. The number of benzene rings is 1. The Balaban J connectivity index is 2.83. The van der Waals surface area contributed by atoms with E-state index >= 15 is 0 Å².